The summed E-state index contributed by atoms with van der Waals surface area (Å²) in [5.41, 5.74) is 1.77. The summed E-state index contributed by atoms with van der Waals surface area (Å²) >= 11 is 0. The zero-order chi connectivity index (χ0) is 16.7. The van der Waals surface area contributed by atoms with Gasteiger partial charge in [-0.2, -0.15) is 0 Å². The highest BCUT2D eigenvalue weighted by Crippen LogP contribution is 2.21. The van der Waals surface area contributed by atoms with Crippen molar-refractivity contribution in [3.63, 3.8) is 0 Å². The summed E-state index contributed by atoms with van der Waals surface area (Å²) in [6, 6.07) is 18.5. The van der Waals surface area contributed by atoms with E-state index in [0.29, 0.717) is 0 Å². The van der Waals surface area contributed by atoms with Crippen LogP contribution in [0.3, 0.4) is 0 Å². The SMILES string of the molecule is CC(O)CNC(=O)C(=O)NC(c1ccccc1)c1ccccc1. The third-order valence-corrected chi connectivity index (χ3v) is 3.31. The molecular formula is C18H20N2O3. The molecular weight excluding hydrogens is 292 g/mol. The Hall–Kier alpha value is -2.66. The molecule has 0 aliphatic carbocycles. The molecule has 0 saturated heterocycles. The zero-order valence-corrected chi connectivity index (χ0v) is 12.9. The third kappa shape index (κ3) is 4.93. The van der Waals surface area contributed by atoms with Crippen LogP contribution in [-0.4, -0.2) is 29.6 Å². The van der Waals surface area contributed by atoms with Crippen LogP contribution in [0.15, 0.2) is 60.7 Å². The van der Waals surface area contributed by atoms with Crippen LogP contribution in [0.5, 0.6) is 0 Å². The fourth-order valence-electron chi connectivity index (χ4n) is 2.17. The van der Waals surface area contributed by atoms with Crippen molar-refractivity contribution in [2.24, 2.45) is 0 Å². The van der Waals surface area contributed by atoms with Crippen molar-refractivity contribution >= 4 is 11.8 Å². The van der Waals surface area contributed by atoms with Gasteiger partial charge in [-0.25, -0.2) is 0 Å². The summed E-state index contributed by atoms with van der Waals surface area (Å²) in [7, 11) is 0. The average molecular weight is 312 g/mol. The molecule has 0 bridgehead atoms. The molecule has 0 aromatic heterocycles. The molecule has 5 heteroatoms. The van der Waals surface area contributed by atoms with Crippen LogP contribution in [0, 0.1) is 0 Å². The number of hydrogen-bond acceptors (Lipinski definition) is 3. The Morgan fingerprint density at radius 2 is 1.39 bits per heavy atom. The maximum Gasteiger partial charge on any atom is 0.310 e. The Labute approximate surface area is 135 Å². The van der Waals surface area contributed by atoms with E-state index in [9.17, 15) is 14.7 Å². The second kappa shape index (κ2) is 8.10. The molecule has 0 fully saturated rings. The van der Waals surface area contributed by atoms with E-state index >= 15 is 0 Å². The number of aliphatic hydroxyl groups excluding tert-OH is 1. The first-order valence-corrected chi connectivity index (χ1v) is 7.44. The lowest BCUT2D eigenvalue weighted by Gasteiger charge is -2.19. The molecule has 0 heterocycles. The summed E-state index contributed by atoms with van der Waals surface area (Å²) in [6.45, 7) is 1.57. The van der Waals surface area contributed by atoms with Gasteiger partial charge in [-0.15, -0.1) is 0 Å². The Kier molecular flexibility index (Phi) is 5.88. The predicted molar refractivity (Wildman–Crippen MR) is 87.6 cm³/mol. The first-order valence-electron chi connectivity index (χ1n) is 7.44. The standard InChI is InChI=1S/C18H20N2O3/c1-13(21)12-19-17(22)18(23)20-16(14-8-4-2-5-9-14)15-10-6-3-7-11-15/h2-11,13,16,21H,12H2,1H3,(H,19,22)(H,20,23). The van der Waals surface area contributed by atoms with Crippen molar-refractivity contribution in [2.75, 3.05) is 6.54 Å². The van der Waals surface area contributed by atoms with Gasteiger partial charge >= 0.3 is 11.8 Å². The minimum Gasteiger partial charge on any atom is -0.392 e. The van der Waals surface area contributed by atoms with Crippen molar-refractivity contribution in [1.82, 2.24) is 10.6 Å². The van der Waals surface area contributed by atoms with Gasteiger partial charge < -0.3 is 15.7 Å². The van der Waals surface area contributed by atoms with Crippen molar-refractivity contribution in [3.8, 4) is 0 Å². The predicted octanol–water partition coefficient (Wildman–Crippen LogP) is 1.39. The van der Waals surface area contributed by atoms with Gasteiger partial charge in [0.15, 0.2) is 0 Å². The van der Waals surface area contributed by atoms with E-state index in [1.165, 1.54) is 6.92 Å². The van der Waals surface area contributed by atoms with E-state index in [1.807, 2.05) is 60.7 Å². The number of amides is 2. The van der Waals surface area contributed by atoms with E-state index in [0.717, 1.165) is 11.1 Å². The molecule has 2 amide bonds. The number of rotatable bonds is 5. The molecule has 2 aromatic carbocycles. The number of benzene rings is 2. The molecule has 0 spiro atoms. The normalized spacial score (nSPS) is 11.8. The zero-order valence-electron chi connectivity index (χ0n) is 12.9. The molecule has 3 N–H and O–H groups in total. The molecule has 2 aromatic rings. The minimum absolute atomic E-state index is 0.0353. The maximum absolute atomic E-state index is 12.1. The highest BCUT2D eigenvalue weighted by Gasteiger charge is 2.21. The molecule has 0 aliphatic heterocycles. The molecule has 1 atom stereocenters. The van der Waals surface area contributed by atoms with Crippen LogP contribution in [0.4, 0.5) is 0 Å². The van der Waals surface area contributed by atoms with Crippen LogP contribution in [0.25, 0.3) is 0 Å². The van der Waals surface area contributed by atoms with Crippen LogP contribution in [0.1, 0.15) is 24.1 Å². The summed E-state index contributed by atoms with van der Waals surface area (Å²) in [5.74, 6) is -1.49. The van der Waals surface area contributed by atoms with Crippen molar-refractivity contribution < 1.29 is 14.7 Å². The van der Waals surface area contributed by atoms with Gasteiger partial charge in [0.2, 0.25) is 0 Å². The van der Waals surface area contributed by atoms with E-state index in [1.54, 1.807) is 0 Å². The monoisotopic (exact) mass is 312 g/mol. The molecule has 23 heavy (non-hydrogen) atoms. The van der Waals surface area contributed by atoms with Gasteiger partial charge in [0.25, 0.3) is 0 Å². The topological polar surface area (TPSA) is 78.4 Å². The Morgan fingerprint density at radius 3 is 1.83 bits per heavy atom. The van der Waals surface area contributed by atoms with E-state index in [-0.39, 0.29) is 6.54 Å². The maximum atomic E-state index is 12.1. The van der Waals surface area contributed by atoms with Crippen LogP contribution in [-0.2, 0) is 9.59 Å². The first-order chi connectivity index (χ1) is 11.1. The molecule has 120 valence electrons. The lowest BCUT2D eigenvalue weighted by Crippen LogP contribution is -2.43. The Bertz CT molecular complexity index is 602. The van der Waals surface area contributed by atoms with Gasteiger partial charge in [0.05, 0.1) is 12.1 Å². The fourth-order valence-corrected chi connectivity index (χ4v) is 2.17. The molecule has 0 aliphatic rings. The second-order valence-corrected chi connectivity index (χ2v) is 5.29. The highest BCUT2D eigenvalue weighted by molar-refractivity contribution is 6.35. The molecule has 0 saturated carbocycles. The summed E-state index contributed by atoms with van der Waals surface area (Å²) in [4.78, 5) is 23.9. The highest BCUT2D eigenvalue weighted by atomic mass is 16.3. The van der Waals surface area contributed by atoms with Crippen molar-refractivity contribution in [1.29, 1.82) is 0 Å². The third-order valence-electron chi connectivity index (χ3n) is 3.31. The van der Waals surface area contributed by atoms with E-state index in [2.05, 4.69) is 10.6 Å². The number of aliphatic hydroxyl groups is 1. The smallest absolute Gasteiger partial charge is 0.310 e. The van der Waals surface area contributed by atoms with Gasteiger partial charge in [-0.05, 0) is 18.1 Å². The van der Waals surface area contributed by atoms with Crippen molar-refractivity contribution in [2.45, 2.75) is 19.1 Å². The number of hydrogen-bond donors (Lipinski definition) is 3. The molecule has 5 nitrogen and oxygen atoms in total. The van der Waals surface area contributed by atoms with Gasteiger partial charge in [0.1, 0.15) is 0 Å². The molecule has 1 unspecified atom stereocenters. The minimum atomic E-state index is -0.761. The molecule has 0 radical (unpaired) electrons. The van der Waals surface area contributed by atoms with Crippen molar-refractivity contribution in [3.05, 3.63) is 71.8 Å². The summed E-state index contributed by atoms with van der Waals surface area (Å²) in [6.07, 6.45) is -0.703. The second-order valence-electron chi connectivity index (χ2n) is 5.29. The molecule has 2 rings (SSSR count). The van der Waals surface area contributed by atoms with Gasteiger partial charge in [0, 0.05) is 6.54 Å². The van der Waals surface area contributed by atoms with Crippen LogP contribution in [0.2, 0.25) is 0 Å². The average Bonchev–Trinajstić information content (AvgIpc) is 2.58. The summed E-state index contributed by atoms with van der Waals surface area (Å²) < 4.78 is 0. The number of carbonyl (C=O) groups excluding carboxylic acids is 2. The number of carbonyl (C=O) groups is 2. The van der Waals surface area contributed by atoms with E-state index < -0.39 is 24.0 Å². The fraction of sp³-hybridized carbons (Fsp3) is 0.222. The van der Waals surface area contributed by atoms with Gasteiger partial charge in [-0.3, -0.25) is 9.59 Å². The lowest BCUT2D eigenvalue weighted by molar-refractivity contribution is -0.139. The van der Waals surface area contributed by atoms with Crippen LogP contribution < -0.4 is 10.6 Å². The quantitative estimate of drug-likeness (QED) is 0.730. The lowest BCUT2D eigenvalue weighted by atomic mass is 9.99. The Balaban J connectivity index is 2.16. The van der Waals surface area contributed by atoms with Crippen LogP contribution >= 0.6 is 0 Å². The Morgan fingerprint density at radius 1 is 0.913 bits per heavy atom. The van der Waals surface area contributed by atoms with Gasteiger partial charge in [-0.1, -0.05) is 60.7 Å². The first kappa shape index (κ1) is 16.7. The largest absolute Gasteiger partial charge is 0.392 e. The summed E-state index contributed by atoms with van der Waals surface area (Å²) in [5, 5.41) is 14.3. The number of nitrogens with one attached hydrogen (secondary N) is 2. The van der Waals surface area contributed by atoms with E-state index in [4.69, 9.17) is 0 Å².